The van der Waals surface area contributed by atoms with Crippen LogP contribution in [-0.2, 0) is 16.1 Å². The number of esters is 1. The SMILES string of the molecule is COc1ccccc1CN(C(=O)c1sc2c(F)ccc(F)c2c1Cl)C1CCC(NCC(=O)OC(C)(C)C)CC1.O[B]O. The predicted molar refractivity (Wildman–Crippen MR) is 160 cm³/mol. The van der Waals surface area contributed by atoms with E-state index in [1.165, 1.54) is 0 Å². The molecule has 0 unspecified atom stereocenters. The van der Waals surface area contributed by atoms with Gasteiger partial charge in [0.2, 0.25) is 0 Å². The number of hydrogen-bond donors (Lipinski definition) is 3. The Morgan fingerprint density at radius 1 is 1.10 bits per heavy atom. The Kier molecular flexibility index (Phi) is 12.1. The molecular formula is C29H35BClF2N2O6S. The van der Waals surface area contributed by atoms with Crippen molar-refractivity contribution in [2.24, 2.45) is 0 Å². The van der Waals surface area contributed by atoms with Gasteiger partial charge < -0.3 is 29.7 Å². The molecule has 0 bridgehead atoms. The molecule has 0 atom stereocenters. The number of rotatable bonds is 8. The summed E-state index contributed by atoms with van der Waals surface area (Å²) in [4.78, 5) is 27.9. The highest BCUT2D eigenvalue weighted by atomic mass is 35.5. The van der Waals surface area contributed by atoms with Crippen LogP contribution in [0.1, 0.15) is 61.7 Å². The highest BCUT2D eigenvalue weighted by molar-refractivity contribution is 7.21. The van der Waals surface area contributed by atoms with Gasteiger partial charge in [0, 0.05) is 24.2 Å². The number of thiophene rings is 1. The van der Waals surface area contributed by atoms with Gasteiger partial charge in [-0.3, -0.25) is 9.59 Å². The Balaban J connectivity index is 0.00000155. The number of amides is 1. The van der Waals surface area contributed by atoms with E-state index in [0.29, 0.717) is 18.6 Å². The Labute approximate surface area is 253 Å². The molecule has 1 saturated carbocycles. The minimum atomic E-state index is -0.667. The van der Waals surface area contributed by atoms with Crippen LogP contribution in [0.5, 0.6) is 5.75 Å². The molecule has 1 aromatic heterocycles. The van der Waals surface area contributed by atoms with Crippen LogP contribution in [0.4, 0.5) is 8.78 Å². The number of nitrogens with one attached hydrogen (secondary N) is 1. The van der Waals surface area contributed by atoms with Crippen LogP contribution in [0, 0.1) is 11.6 Å². The Bertz CT molecular complexity index is 1380. The maximum Gasteiger partial charge on any atom is 0.482 e. The minimum Gasteiger partial charge on any atom is -0.496 e. The van der Waals surface area contributed by atoms with Crippen LogP contribution in [0.15, 0.2) is 36.4 Å². The molecule has 4 rings (SSSR count). The number of fused-ring (bicyclic) bond motifs is 1. The van der Waals surface area contributed by atoms with Crippen LogP contribution in [-0.4, -0.2) is 65.8 Å². The zero-order valence-corrected chi connectivity index (χ0v) is 25.5. The molecule has 1 amide bonds. The molecule has 0 aliphatic heterocycles. The fourth-order valence-corrected chi connectivity index (χ4v) is 6.45. The first kappa shape index (κ1) is 33.7. The third-order valence-corrected chi connectivity index (χ3v) is 8.44. The second-order valence-electron chi connectivity index (χ2n) is 10.8. The van der Waals surface area contributed by atoms with E-state index in [1.807, 2.05) is 45.0 Å². The second-order valence-corrected chi connectivity index (χ2v) is 12.2. The third kappa shape index (κ3) is 8.64. The van der Waals surface area contributed by atoms with E-state index in [1.54, 1.807) is 12.0 Å². The number of benzene rings is 2. The monoisotopic (exact) mass is 623 g/mol. The number of hydrogen-bond acceptors (Lipinski definition) is 8. The fraction of sp³-hybridized carbons (Fsp3) is 0.448. The van der Waals surface area contributed by atoms with E-state index in [-0.39, 0.29) is 64.7 Å². The molecular weight excluding hydrogens is 589 g/mol. The lowest BCUT2D eigenvalue weighted by Crippen LogP contribution is -2.46. The molecule has 1 fully saturated rings. The van der Waals surface area contributed by atoms with E-state index >= 15 is 0 Å². The van der Waals surface area contributed by atoms with Gasteiger partial charge in [0.25, 0.3) is 5.91 Å². The first-order valence-electron chi connectivity index (χ1n) is 13.4. The molecule has 3 aromatic rings. The molecule has 0 saturated heterocycles. The summed E-state index contributed by atoms with van der Waals surface area (Å²) in [6, 6.07) is 9.45. The second kappa shape index (κ2) is 15.1. The summed E-state index contributed by atoms with van der Waals surface area (Å²) in [5.41, 5.74) is 0.267. The highest BCUT2D eigenvalue weighted by Crippen LogP contribution is 2.40. The largest absolute Gasteiger partial charge is 0.496 e. The van der Waals surface area contributed by atoms with Gasteiger partial charge in [0.15, 0.2) is 0 Å². The van der Waals surface area contributed by atoms with Crippen molar-refractivity contribution in [3.8, 4) is 5.75 Å². The summed E-state index contributed by atoms with van der Waals surface area (Å²) in [6.07, 6.45) is 2.84. The molecule has 1 aliphatic carbocycles. The lowest BCUT2D eigenvalue weighted by Gasteiger charge is -2.37. The lowest BCUT2D eigenvalue weighted by molar-refractivity contribution is -0.153. The van der Waals surface area contributed by atoms with Crippen molar-refractivity contribution >= 4 is 52.6 Å². The first-order valence-corrected chi connectivity index (χ1v) is 14.6. The number of methoxy groups -OCH3 is 1. The van der Waals surface area contributed by atoms with Crippen LogP contribution in [0.3, 0.4) is 0 Å². The zero-order chi connectivity index (χ0) is 31.0. The summed E-state index contributed by atoms with van der Waals surface area (Å²) in [7, 11) is 1.57. The predicted octanol–water partition coefficient (Wildman–Crippen LogP) is 5.23. The number of ether oxygens (including phenoxy) is 2. The van der Waals surface area contributed by atoms with E-state index in [4.69, 9.17) is 31.1 Å². The highest BCUT2D eigenvalue weighted by Gasteiger charge is 2.33. The van der Waals surface area contributed by atoms with E-state index in [9.17, 15) is 18.4 Å². The van der Waals surface area contributed by atoms with Crippen LogP contribution < -0.4 is 10.1 Å². The summed E-state index contributed by atoms with van der Waals surface area (Å²) >= 11 is 7.36. The number of carbonyl (C=O) groups excluding carboxylic acids is 2. The number of halogens is 3. The topological polar surface area (TPSA) is 108 Å². The van der Waals surface area contributed by atoms with Crippen LogP contribution in [0.25, 0.3) is 10.1 Å². The summed E-state index contributed by atoms with van der Waals surface area (Å²) in [5.74, 6) is -1.33. The minimum absolute atomic E-state index is 0. The zero-order valence-electron chi connectivity index (χ0n) is 24.0. The van der Waals surface area contributed by atoms with Gasteiger partial charge in [-0.2, -0.15) is 0 Å². The molecule has 42 heavy (non-hydrogen) atoms. The molecule has 13 heteroatoms. The van der Waals surface area contributed by atoms with Crippen molar-refractivity contribution in [2.45, 2.75) is 70.7 Å². The third-order valence-electron chi connectivity index (χ3n) is 6.76. The van der Waals surface area contributed by atoms with Crippen molar-refractivity contribution in [3.05, 3.63) is 63.5 Å². The quantitative estimate of drug-likeness (QED) is 0.233. The number of para-hydroxylation sites is 1. The van der Waals surface area contributed by atoms with Gasteiger partial charge in [0.1, 0.15) is 27.9 Å². The maximum absolute atomic E-state index is 14.5. The summed E-state index contributed by atoms with van der Waals surface area (Å²) in [6.45, 7) is 5.85. The van der Waals surface area contributed by atoms with E-state index < -0.39 is 17.2 Å². The average molecular weight is 624 g/mol. The van der Waals surface area contributed by atoms with Gasteiger partial charge in [-0.05, 0) is 64.7 Å². The Morgan fingerprint density at radius 2 is 1.71 bits per heavy atom. The van der Waals surface area contributed by atoms with Crippen molar-refractivity contribution in [2.75, 3.05) is 13.7 Å². The smallest absolute Gasteiger partial charge is 0.482 e. The van der Waals surface area contributed by atoms with E-state index in [0.717, 1.165) is 41.9 Å². The molecule has 0 spiro atoms. The van der Waals surface area contributed by atoms with Crippen molar-refractivity contribution in [1.29, 1.82) is 0 Å². The number of nitrogens with zero attached hydrogens (tertiary/aromatic N) is 1. The lowest BCUT2D eigenvalue weighted by atomic mass is 9.89. The normalized spacial score (nSPS) is 16.8. The van der Waals surface area contributed by atoms with Gasteiger partial charge in [0.05, 0.1) is 28.8 Å². The summed E-state index contributed by atoms with van der Waals surface area (Å²) in [5, 5.41) is 17.1. The van der Waals surface area contributed by atoms with Crippen LogP contribution in [0.2, 0.25) is 5.02 Å². The molecule has 1 heterocycles. The van der Waals surface area contributed by atoms with Gasteiger partial charge in [-0.1, -0.05) is 29.8 Å². The first-order chi connectivity index (χ1) is 19.9. The number of carbonyl (C=O) groups is 2. The van der Waals surface area contributed by atoms with E-state index in [2.05, 4.69) is 5.32 Å². The van der Waals surface area contributed by atoms with Gasteiger partial charge in [-0.15, -0.1) is 11.3 Å². The molecule has 3 N–H and O–H groups in total. The Hall–Kier alpha value is -2.77. The molecule has 2 aromatic carbocycles. The fourth-order valence-electron chi connectivity index (χ4n) is 4.95. The van der Waals surface area contributed by atoms with Crippen molar-refractivity contribution in [1.82, 2.24) is 10.2 Å². The standard InChI is InChI=1S/C29H33ClF2N2O4S.BH2O2/c1-29(2,3)38-23(35)15-33-18-9-11-19(12-10-18)34(16-17-7-5-6-8-22(17)37-4)28(36)27-25(30)24-20(31)13-14-21(32)26(24)39-27;2-1-3/h5-8,13-14,18-19,33H,9-12,15-16H2,1-4H3;2-3H. The molecule has 8 nitrogen and oxygen atoms in total. The van der Waals surface area contributed by atoms with Gasteiger partial charge >= 0.3 is 13.7 Å². The summed E-state index contributed by atoms with van der Waals surface area (Å²) < 4.78 is 40.0. The maximum atomic E-state index is 14.5. The molecule has 1 aliphatic rings. The van der Waals surface area contributed by atoms with Gasteiger partial charge in [-0.25, -0.2) is 8.78 Å². The van der Waals surface area contributed by atoms with Crippen molar-refractivity contribution in [3.63, 3.8) is 0 Å². The average Bonchev–Trinajstić information content (AvgIpc) is 3.30. The molecule has 227 valence electrons. The van der Waals surface area contributed by atoms with Crippen LogP contribution >= 0.6 is 22.9 Å². The molecule has 1 radical (unpaired) electrons. The van der Waals surface area contributed by atoms with Crippen molar-refractivity contribution < 1.29 is 37.9 Å². The Morgan fingerprint density at radius 3 is 2.31 bits per heavy atom.